The molecular formula is C8H5BrClF2NO2. The van der Waals surface area contributed by atoms with Crippen molar-refractivity contribution in [2.75, 3.05) is 0 Å². The van der Waals surface area contributed by atoms with Crippen molar-refractivity contribution in [3.8, 4) is 0 Å². The van der Waals surface area contributed by atoms with Crippen molar-refractivity contribution in [3.05, 3.63) is 27.5 Å². The number of hydrogen-bond acceptors (Lipinski definition) is 2. The molecule has 0 aliphatic carbocycles. The highest BCUT2D eigenvalue weighted by atomic mass is 79.9. The van der Waals surface area contributed by atoms with Crippen molar-refractivity contribution in [2.24, 2.45) is 0 Å². The lowest BCUT2D eigenvalue weighted by atomic mass is 10.2. The lowest BCUT2D eigenvalue weighted by Gasteiger charge is -2.07. The standard InChI is InChI=1S/C8H5BrClF2NO2/c9-4-1-3(2-10)5(7(11)12)13-6(4)8(14)15/h1,7H,2H2,(H,14,15). The van der Waals surface area contributed by atoms with Gasteiger partial charge in [-0.3, -0.25) is 0 Å². The third-order valence-corrected chi connectivity index (χ3v) is 2.53. The molecule has 15 heavy (non-hydrogen) atoms. The average molecular weight is 300 g/mol. The Morgan fingerprint density at radius 2 is 2.27 bits per heavy atom. The van der Waals surface area contributed by atoms with Gasteiger partial charge in [0.15, 0.2) is 5.69 Å². The van der Waals surface area contributed by atoms with Gasteiger partial charge in [0.1, 0.15) is 5.69 Å². The largest absolute Gasteiger partial charge is 0.476 e. The van der Waals surface area contributed by atoms with E-state index in [1.807, 2.05) is 0 Å². The molecule has 0 fully saturated rings. The van der Waals surface area contributed by atoms with Crippen LogP contribution in [0.3, 0.4) is 0 Å². The molecule has 0 aromatic carbocycles. The molecule has 0 atom stereocenters. The summed E-state index contributed by atoms with van der Waals surface area (Å²) >= 11 is 8.36. The fourth-order valence-electron chi connectivity index (χ4n) is 0.987. The van der Waals surface area contributed by atoms with Gasteiger partial charge < -0.3 is 5.11 Å². The predicted octanol–water partition coefficient (Wildman–Crippen LogP) is 3.22. The van der Waals surface area contributed by atoms with Crippen LogP contribution in [-0.4, -0.2) is 16.1 Å². The molecule has 1 aromatic rings. The van der Waals surface area contributed by atoms with Crippen LogP contribution in [0.25, 0.3) is 0 Å². The molecule has 1 rings (SSSR count). The van der Waals surface area contributed by atoms with Crippen LogP contribution >= 0.6 is 27.5 Å². The second-order valence-corrected chi connectivity index (χ2v) is 3.72. The third-order valence-electron chi connectivity index (χ3n) is 1.64. The number of halogens is 4. The summed E-state index contributed by atoms with van der Waals surface area (Å²) in [7, 11) is 0. The van der Waals surface area contributed by atoms with E-state index in [0.717, 1.165) is 0 Å². The topological polar surface area (TPSA) is 50.2 Å². The molecule has 0 saturated carbocycles. The normalized spacial score (nSPS) is 10.7. The van der Waals surface area contributed by atoms with E-state index in [2.05, 4.69) is 20.9 Å². The molecule has 1 heterocycles. The molecule has 0 aliphatic heterocycles. The van der Waals surface area contributed by atoms with Crippen LogP contribution < -0.4 is 0 Å². The van der Waals surface area contributed by atoms with E-state index < -0.39 is 23.8 Å². The first kappa shape index (κ1) is 12.3. The van der Waals surface area contributed by atoms with E-state index in [9.17, 15) is 13.6 Å². The van der Waals surface area contributed by atoms with E-state index in [0.29, 0.717) is 0 Å². The Kier molecular flexibility index (Phi) is 3.98. The zero-order valence-electron chi connectivity index (χ0n) is 7.18. The van der Waals surface area contributed by atoms with Crippen LogP contribution in [0.15, 0.2) is 10.5 Å². The second-order valence-electron chi connectivity index (χ2n) is 2.60. The van der Waals surface area contributed by atoms with Gasteiger partial charge in [-0.2, -0.15) is 0 Å². The molecule has 0 saturated heterocycles. The lowest BCUT2D eigenvalue weighted by molar-refractivity contribution is 0.0687. The molecule has 0 bridgehead atoms. The smallest absolute Gasteiger partial charge is 0.355 e. The van der Waals surface area contributed by atoms with Gasteiger partial charge >= 0.3 is 5.97 Å². The summed E-state index contributed by atoms with van der Waals surface area (Å²) in [5.41, 5.74) is -0.923. The molecular weight excluding hydrogens is 295 g/mol. The number of rotatable bonds is 3. The maximum atomic E-state index is 12.5. The van der Waals surface area contributed by atoms with Crippen molar-refractivity contribution in [1.82, 2.24) is 4.98 Å². The molecule has 0 radical (unpaired) electrons. The molecule has 1 aromatic heterocycles. The minimum Gasteiger partial charge on any atom is -0.476 e. The summed E-state index contributed by atoms with van der Waals surface area (Å²) in [6, 6.07) is 1.24. The summed E-state index contributed by atoms with van der Waals surface area (Å²) < 4.78 is 25.1. The molecule has 0 amide bonds. The minimum absolute atomic E-state index is 0.114. The molecule has 7 heteroatoms. The van der Waals surface area contributed by atoms with E-state index >= 15 is 0 Å². The van der Waals surface area contributed by atoms with Gasteiger partial charge in [0.05, 0.1) is 4.47 Å². The van der Waals surface area contributed by atoms with Crippen LogP contribution in [0.4, 0.5) is 8.78 Å². The number of aromatic nitrogens is 1. The number of carboxylic acid groups (broad SMARTS) is 1. The zero-order valence-corrected chi connectivity index (χ0v) is 9.52. The van der Waals surface area contributed by atoms with Gasteiger partial charge in [0.2, 0.25) is 0 Å². The van der Waals surface area contributed by atoms with Gasteiger partial charge in [-0.15, -0.1) is 11.6 Å². The Labute approximate surface area is 97.2 Å². The van der Waals surface area contributed by atoms with Crippen molar-refractivity contribution in [1.29, 1.82) is 0 Å². The van der Waals surface area contributed by atoms with Gasteiger partial charge in [0.25, 0.3) is 6.43 Å². The SMILES string of the molecule is O=C(O)c1nc(C(F)F)c(CCl)cc1Br. The van der Waals surface area contributed by atoms with Crippen molar-refractivity contribution in [2.45, 2.75) is 12.3 Å². The number of aromatic carboxylic acids is 1. The van der Waals surface area contributed by atoms with Crippen LogP contribution in [-0.2, 0) is 5.88 Å². The van der Waals surface area contributed by atoms with Gasteiger partial charge in [-0.05, 0) is 27.6 Å². The Hall–Kier alpha value is -0.750. The second kappa shape index (κ2) is 4.85. The van der Waals surface area contributed by atoms with Crippen molar-refractivity contribution >= 4 is 33.5 Å². The highest BCUT2D eigenvalue weighted by molar-refractivity contribution is 9.10. The fraction of sp³-hybridized carbons (Fsp3) is 0.250. The number of carbonyl (C=O) groups is 1. The highest BCUT2D eigenvalue weighted by Gasteiger charge is 2.20. The zero-order chi connectivity index (χ0) is 11.6. The summed E-state index contributed by atoms with van der Waals surface area (Å²) in [6.07, 6.45) is -2.84. The average Bonchev–Trinajstić information content (AvgIpc) is 2.16. The summed E-state index contributed by atoms with van der Waals surface area (Å²) in [5, 5.41) is 8.67. The van der Waals surface area contributed by atoms with Crippen molar-refractivity contribution in [3.63, 3.8) is 0 Å². The maximum Gasteiger partial charge on any atom is 0.355 e. The first-order valence-electron chi connectivity index (χ1n) is 3.74. The fourth-order valence-corrected chi connectivity index (χ4v) is 1.74. The van der Waals surface area contributed by atoms with Gasteiger partial charge in [0, 0.05) is 5.88 Å². The molecule has 0 aliphatic rings. The van der Waals surface area contributed by atoms with Crippen molar-refractivity contribution < 1.29 is 18.7 Å². The van der Waals surface area contributed by atoms with Crippen LogP contribution in [0.5, 0.6) is 0 Å². The number of pyridine rings is 1. The van der Waals surface area contributed by atoms with Crippen LogP contribution in [0.1, 0.15) is 28.2 Å². The Morgan fingerprint density at radius 3 is 2.67 bits per heavy atom. The number of alkyl halides is 3. The Morgan fingerprint density at radius 1 is 1.67 bits per heavy atom. The van der Waals surface area contributed by atoms with Crippen LogP contribution in [0.2, 0.25) is 0 Å². The van der Waals surface area contributed by atoms with E-state index in [4.69, 9.17) is 16.7 Å². The highest BCUT2D eigenvalue weighted by Crippen LogP contribution is 2.27. The predicted molar refractivity (Wildman–Crippen MR) is 53.4 cm³/mol. The molecule has 82 valence electrons. The molecule has 1 N–H and O–H groups in total. The first-order chi connectivity index (χ1) is 6.97. The first-order valence-corrected chi connectivity index (χ1v) is 5.06. The lowest BCUT2D eigenvalue weighted by Crippen LogP contribution is -2.07. The van der Waals surface area contributed by atoms with E-state index in [1.54, 1.807) is 0 Å². The number of hydrogen-bond donors (Lipinski definition) is 1. The monoisotopic (exact) mass is 299 g/mol. The maximum absolute atomic E-state index is 12.5. The van der Waals surface area contributed by atoms with Crippen LogP contribution in [0, 0.1) is 0 Å². The Bertz CT molecular complexity index is 400. The van der Waals surface area contributed by atoms with Gasteiger partial charge in [-0.1, -0.05) is 0 Å². The summed E-state index contributed by atoms with van der Waals surface area (Å²) in [5.74, 6) is -1.52. The molecule has 0 spiro atoms. The van der Waals surface area contributed by atoms with E-state index in [1.165, 1.54) is 6.07 Å². The van der Waals surface area contributed by atoms with Gasteiger partial charge in [-0.25, -0.2) is 18.6 Å². The minimum atomic E-state index is -2.84. The third kappa shape index (κ3) is 2.63. The molecule has 3 nitrogen and oxygen atoms in total. The quantitative estimate of drug-likeness (QED) is 0.872. The number of carboxylic acids is 1. The summed E-state index contributed by atoms with van der Waals surface area (Å²) in [6.45, 7) is 0. The van der Waals surface area contributed by atoms with E-state index in [-0.39, 0.29) is 15.9 Å². The summed E-state index contributed by atoms with van der Waals surface area (Å²) in [4.78, 5) is 14.0. The molecule has 0 unspecified atom stereocenters. The number of nitrogens with zero attached hydrogens (tertiary/aromatic N) is 1. The Balaban J connectivity index is 3.37.